The van der Waals surface area contributed by atoms with Gasteiger partial charge in [0, 0.05) is 36.6 Å². The third-order valence-corrected chi connectivity index (χ3v) is 7.56. The smallest absolute Gasteiger partial charge is 0.278 e. The molecule has 0 saturated carbocycles. The molecule has 0 aromatic heterocycles. The average molecular weight is 651 g/mol. The predicted molar refractivity (Wildman–Crippen MR) is 169 cm³/mol. The van der Waals surface area contributed by atoms with E-state index < -0.39 is 16.9 Å². The minimum absolute atomic E-state index is 0.0384. The molecule has 1 atom stereocenters. The summed E-state index contributed by atoms with van der Waals surface area (Å²) in [6.45, 7) is 3.06. The van der Waals surface area contributed by atoms with E-state index in [1.807, 2.05) is 30.3 Å². The van der Waals surface area contributed by atoms with Crippen molar-refractivity contribution in [1.29, 1.82) is 0 Å². The molecule has 0 radical (unpaired) electrons. The Hall–Kier alpha value is -3.47. The lowest BCUT2D eigenvalue weighted by atomic mass is 9.97. The first-order valence-corrected chi connectivity index (χ1v) is 15.8. The van der Waals surface area contributed by atoms with Crippen molar-refractivity contribution in [3.63, 3.8) is 0 Å². The van der Waals surface area contributed by atoms with Crippen molar-refractivity contribution in [2.45, 2.75) is 18.2 Å². The molecule has 248 valence electrons. The minimum Gasteiger partial charge on any atom is -0.492 e. The highest BCUT2D eigenvalue weighted by Gasteiger charge is 2.28. The number of nitrogens with one attached hydrogen (secondary N) is 2. The van der Waals surface area contributed by atoms with Crippen LogP contribution in [0.15, 0.2) is 36.4 Å². The van der Waals surface area contributed by atoms with Gasteiger partial charge in [0.1, 0.15) is 12.6 Å². The summed E-state index contributed by atoms with van der Waals surface area (Å²) in [5.74, 6) is 0.0400. The minimum atomic E-state index is -0.907. The summed E-state index contributed by atoms with van der Waals surface area (Å²) in [6.07, 6.45) is 0.0384. The van der Waals surface area contributed by atoms with Crippen LogP contribution in [0.25, 0.3) is 11.1 Å². The van der Waals surface area contributed by atoms with Crippen molar-refractivity contribution >= 4 is 29.3 Å². The number of benzene rings is 2. The SMILES string of the molecule is COc1c2cc([N+](=O)[O-])c(c1-c1ccccc1)CSCC(C(=O)NCCN)NC(=O)CCOCCOCCOCCOCCO2. The molecule has 2 aliphatic heterocycles. The Kier molecular flexibility index (Phi) is 16.4. The van der Waals surface area contributed by atoms with Crippen molar-refractivity contribution in [2.24, 2.45) is 5.73 Å². The topological polar surface area (TPSA) is 183 Å². The van der Waals surface area contributed by atoms with Gasteiger partial charge < -0.3 is 44.8 Å². The van der Waals surface area contributed by atoms with Crippen LogP contribution < -0.4 is 25.8 Å². The molecule has 4 rings (SSSR count). The standard InChI is InChI=1S/C30H42N4O10S/c1-39-29-26-19-25(34(37)38)23(28(29)22-5-3-2-4-6-22)20-45-21-24(30(36)32-9-8-31)33-27(35)7-10-40-11-12-41-13-14-42-15-16-43-17-18-44-26/h2-6,19,24H,7-18,20-21,31H2,1H3,(H,32,36)(H,33,35). The number of nitro groups is 1. The number of carbonyl (C=O) groups is 2. The number of thioether (sulfide) groups is 1. The first kappa shape index (κ1) is 36.0. The zero-order valence-corrected chi connectivity index (χ0v) is 26.3. The molecular weight excluding hydrogens is 608 g/mol. The van der Waals surface area contributed by atoms with Gasteiger partial charge in [0.15, 0.2) is 11.5 Å². The molecule has 1 unspecified atom stereocenters. The van der Waals surface area contributed by atoms with Gasteiger partial charge in [-0.05, 0) is 5.56 Å². The monoisotopic (exact) mass is 650 g/mol. The number of ether oxygens (including phenoxy) is 6. The van der Waals surface area contributed by atoms with Crippen molar-refractivity contribution in [1.82, 2.24) is 10.6 Å². The molecule has 0 fully saturated rings. The van der Waals surface area contributed by atoms with Gasteiger partial charge in [-0.25, -0.2) is 0 Å². The highest BCUT2D eigenvalue weighted by atomic mass is 32.2. The van der Waals surface area contributed by atoms with Crippen LogP contribution in [0.4, 0.5) is 5.69 Å². The number of nitro benzene ring substituents is 1. The van der Waals surface area contributed by atoms with Crippen LogP contribution in [0.2, 0.25) is 0 Å². The van der Waals surface area contributed by atoms with Crippen LogP contribution in [0.3, 0.4) is 0 Å². The van der Waals surface area contributed by atoms with E-state index in [1.54, 1.807) is 0 Å². The van der Waals surface area contributed by atoms with Gasteiger partial charge in [0.2, 0.25) is 11.8 Å². The molecule has 2 bridgehead atoms. The number of hydrogen-bond donors (Lipinski definition) is 3. The lowest BCUT2D eigenvalue weighted by Crippen LogP contribution is -2.49. The summed E-state index contributed by atoms with van der Waals surface area (Å²) in [7, 11) is 1.48. The molecule has 0 saturated heterocycles. The molecule has 2 heterocycles. The number of rotatable bonds is 6. The number of methoxy groups -OCH3 is 1. The van der Waals surface area contributed by atoms with E-state index in [9.17, 15) is 19.7 Å². The second-order valence-corrected chi connectivity index (χ2v) is 10.7. The van der Waals surface area contributed by atoms with Crippen molar-refractivity contribution < 1.29 is 42.9 Å². The Balaban J connectivity index is 1.92. The maximum Gasteiger partial charge on any atom is 0.278 e. The first-order valence-electron chi connectivity index (χ1n) is 14.7. The zero-order valence-electron chi connectivity index (χ0n) is 25.5. The van der Waals surface area contributed by atoms with E-state index in [-0.39, 0.29) is 68.2 Å². The Bertz CT molecular complexity index is 1220. The van der Waals surface area contributed by atoms with Gasteiger partial charge in [0.05, 0.1) is 76.5 Å². The van der Waals surface area contributed by atoms with Crippen molar-refractivity contribution in [3.05, 3.63) is 52.1 Å². The van der Waals surface area contributed by atoms with E-state index >= 15 is 0 Å². The lowest BCUT2D eigenvalue weighted by Gasteiger charge is -2.20. The first-order chi connectivity index (χ1) is 22.0. The van der Waals surface area contributed by atoms with Crippen LogP contribution in [0, 0.1) is 10.1 Å². The van der Waals surface area contributed by atoms with Gasteiger partial charge in [-0.2, -0.15) is 11.8 Å². The fourth-order valence-electron chi connectivity index (χ4n) is 4.38. The van der Waals surface area contributed by atoms with Crippen LogP contribution in [0.5, 0.6) is 11.5 Å². The number of amides is 2. The highest BCUT2D eigenvalue weighted by Crippen LogP contribution is 2.46. The summed E-state index contributed by atoms with van der Waals surface area (Å²) in [5.41, 5.74) is 6.97. The third-order valence-electron chi connectivity index (χ3n) is 6.49. The van der Waals surface area contributed by atoms with Crippen LogP contribution in [-0.2, 0) is 34.3 Å². The summed E-state index contributed by atoms with van der Waals surface area (Å²) in [4.78, 5) is 37.5. The predicted octanol–water partition coefficient (Wildman–Crippen LogP) is 1.91. The number of hydrogen-bond acceptors (Lipinski definition) is 12. The number of nitrogens with two attached hydrogens (primary N) is 1. The maximum atomic E-state index is 12.9. The lowest BCUT2D eigenvalue weighted by molar-refractivity contribution is -0.385. The molecule has 14 nitrogen and oxygen atoms in total. The van der Waals surface area contributed by atoms with Gasteiger partial charge in [-0.15, -0.1) is 0 Å². The summed E-state index contributed by atoms with van der Waals surface area (Å²) in [5, 5.41) is 17.8. The third kappa shape index (κ3) is 12.1. The molecule has 0 spiro atoms. The molecule has 2 aromatic carbocycles. The fourth-order valence-corrected chi connectivity index (χ4v) is 5.46. The van der Waals surface area contributed by atoms with Crippen LogP contribution in [0.1, 0.15) is 12.0 Å². The van der Waals surface area contributed by atoms with Gasteiger partial charge in [-0.3, -0.25) is 19.7 Å². The summed E-state index contributed by atoms with van der Waals surface area (Å²) in [6, 6.07) is 9.59. The average Bonchev–Trinajstić information content (AvgIpc) is 3.04. The van der Waals surface area contributed by atoms with Gasteiger partial charge in [-0.1, -0.05) is 30.3 Å². The Morgan fingerprint density at radius 2 is 1.67 bits per heavy atom. The van der Waals surface area contributed by atoms with Gasteiger partial charge in [0.25, 0.3) is 5.69 Å². The van der Waals surface area contributed by atoms with E-state index in [1.165, 1.54) is 24.9 Å². The normalized spacial score (nSPS) is 18.4. The summed E-state index contributed by atoms with van der Waals surface area (Å²) < 4.78 is 33.7. The van der Waals surface area contributed by atoms with E-state index in [4.69, 9.17) is 34.2 Å². The van der Waals surface area contributed by atoms with E-state index in [0.29, 0.717) is 62.1 Å². The second-order valence-electron chi connectivity index (χ2n) is 9.67. The zero-order chi connectivity index (χ0) is 32.3. The largest absolute Gasteiger partial charge is 0.492 e. The molecule has 2 aliphatic rings. The number of nitrogens with zero attached hydrogens (tertiary/aromatic N) is 1. The van der Waals surface area contributed by atoms with E-state index in [0.717, 1.165) is 0 Å². The number of carbonyl (C=O) groups excluding carboxylic acids is 2. The summed E-state index contributed by atoms with van der Waals surface area (Å²) >= 11 is 1.27. The Labute approximate surface area is 266 Å². The maximum absolute atomic E-state index is 12.9. The molecular formula is C30H42N4O10S. The highest BCUT2D eigenvalue weighted by molar-refractivity contribution is 7.98. The van der Waals surface area contributed by atoms with Crippen LogP contribution >= 0.6 is 11.8 Å². The molecule has 0 aliphatic carbocycles. The molecule has 4 N–H and O–H groups in total. The fraction of sp³-hybridized carbons (Fsp3) is 0.533. The van der Waals surface area contributed by atoms with Crippen molar-refractivity contribution in [3.8, 4) is 22.6 Å². The van der Waals surface area contributed by atoms with Crippen molar-refractivity contribution in [2.75, 3.05) is 85.4 Å². The number of fused-ring (bicyclic) bond motifs is 22. The molecule has 2 amide bonds. The van der Waals surface area contributed by atoms with Gasteiger partial charge >= 0.3 is 0 Å². The second kappa shape index (κ2) is 20.5. The Morgan fingerprint density at radius 1 is 1.04 bits per heavy atom. The van der Waals surface area contributed by atoms with Crippen LogP contribution in [-0.4, -0.2) is 108 Å². The van der Waals surface area contributed by atoms with E-state index in [2.05, 4.69) is 10.6 Å². The molecule has 45 heavy (non-hydrogen) atoms. The molecule has 15 heteroatoms. The molecule has 2 aromatic rings. The Morgan fingerprint density at radius 3 is 2.27 bits per heavy atom. The quantitative estimate of drug-likeness (QED) is 0.235.